The van der Waals surface area contributed by atoms with Crippen LogP contribution in [0.2, 0.25) is 0 Å². The third kappa shape index (κ3) is 7.80. The minimum absolute atomic E-state index is 0.215. The topological polar surface area (TPSA) is 68.3 Å². The molecule has 8 aromatic carbocycles. The van der Waals surface area contributed by atoms with Gasteiger partial charge in [-0.3, -0.25) is 19.2 Å². The Morgan fingerprint density at radius 3 is 0.738 bits per heavy atom. The molecule has 0 spiro atoms. The summed E-state index contributed by atoms with van der Waals surface area (Å²) in [6, 6.07) is 50.7. The summed E-state index contributed by atoms with van der Waals surface area (Å²) in [4.78, 5) is 59.9. The number of hydrogen-bond acceptors (Lipinski definition) is 4. The molecular formula is C61H50O4. The number of benzene rings is 8. The van der Waals surface area contributed by atoms with Gasteiger partial charge in [0.25, 0.3) is 0 Å². The van der Waals surface area contributed by atoms with Gasteiger partial charge in [0, 0.05) is 44.5 Å². The first-order chi connectivity index (χ1) is 31.1. The van der Waals surface area contributed by atoms with Crippen LogP contribution in [0, 0.1) is 55.4 Å². The maximum atomic E-state index is 15.0. The molecule has 0 heterocycles. The summed E-state index contributed by atoms with van der Waals surface area (Å²) in [5, 5.41) is 0. The van der Waals surface area contributed by atoms with Crippen LogP contribution in [0.4, 0.5) is 0 Å². The molecule has 0 saturated heterocycles. The molecule has 0 fully saturated rings. The van der Waals surface area contributed by atoms with Crippen LogP contribution in [0.5, 0.6) is 0 Å². The highest BCUT2D eigenvalue weighted by Gasteiger charge is 2.47. The standard InChI is InChI=1S/C61H50O4/c1-35-17-36(2)22-43(21-35)57(62)47-29-48(58(63)44-23-37(3)18-38(4)24-44)32-51(31-47)61(55-15-11-9-13-53(55)54-14-10-12-16-56(54)61)52-33-49(59(64)45-25-39(5)19-40(6)26-45)30-50(34-52)60(65)46-27-41(7)20-42(8)28-46/h9-34H,1-8H3. The van der Waals surface area contributed by atoms with Gasteiger partial charge in [-0.1, -0.05) is 117 Å². The molecule has 0 amide bonds. The first-order valence-electron chi connectivity index (χ1n) is 22.1. The van der Waals surface area contributed by atoms with E-state index in [4.69, 9.17) is 0 Å². The van der Waals surface area contributed by atoms with Crippen molar-refractivity contribution in [3.8, 4) is 11.1 Å². The molecule has 0 aromatic heterocycles. The van der Waals surface area contributed by atoms with Gasteiger partial charge < -0.3 is 0 Å². The number of ketones is 4. The van der Waals surface area contributed by atoms with Crippen LogP contribution in [0.1, 0.15) is 130 Å². The van der Waals surface area contributed by atoms with Crippen molar-refractivity contribution in [3.05, 3.63) is 269 Å². The second-order valence-corrected chi connectivity index (χ2v) is 18.3. The molecule has 0 aliphatic heterocycles. The van der Waals surface area contributed by atoms with Gasteiger partial charge in [0.05, 0.1) is 5.41 Å². The molecule has 4 nitrogen and oxygen atoms in total. The van der Waals surface area contributed by atoms with E-state index in [9.17, 15) is 19.2 Å². The van der Waals surface area contributed by atoms with Gasteiger partial charge in [0.15, 0.2) is 23.1 Å². The largest absolute Gasteiger partial charge is 0.289 e. The third-order valence-corrected chi connectivity index (χ3v) is 12.7. The van der Waals surface area contributed by atoms with E-state index < -0.39 is 5.41 Å². The van der Waals surface area contributed by atoms with Crippen molar-refractivity contribution >= 4 is 23.1 Å². The number of carbonyl (C=O) groups excluding carboxylic acids is 4. The highest BCUT2D eigenvalue weighted by atomic mass is 16.1. The van der Waals surface area contributed by atoms with Crippen molar-refractivity contribution in [1.82, 2.24) is 0 Å². The van der Waals surface area contributed by atoms with Crippen molar-refractivity contribution in [2.75, 3.05) is 0 Å². The van der Waals surface area contributed by atoms with E-state index in [0.29, 0.717) is 55.6 Å². The minimum atomic E-state index is -1.21. The van der Waals surface area contributed by atoms with Crippen molar-refractivity contribution in [2.24, 2.45) is 0 Å². The fourth-order valence-corrected chi connectivity index (χ4v) is 10.3. The lowest BCUT2D eigenvalue weighted by Gasteiger charge is -2.35. The molecule has 0 N–H and O–H groups in total. The molecule has 4 heteroatoms. The zero-order chi connectivity index (χ0) is 45.9. The lowest BCUT2D eigenvalue weighted by molar-refractivity contribution is 0.102. The van der Waals surface area contributed by atoms with E-state index in [1.54, 1.807) is 12.1 Å². The first kappa shape index (κ1) is 42.7. The SMILES string of the molecule is Cc1cc(C)cc(C(=O)c2cc(C(=O)c3cc(C)cc(C)c3)cc(C3(c4cc(C(=O)c5cc(C)cc(C)c5)cc(C(=O)c5cc(C)cc(C)c5)c4)c4ccccc4-c4ccccc43)c2)c1. The van der Waals surface area contributed by atoms with Gasteiger partial charge >= 0.3 is 0 Å². The Labute approximate surface area is 381 Å². The van der Waals surface area contributed by atoms with E-state index in [1.165, 1.54) is 0 Å². The molecular weight excluding hydrogens is 797 g/mol. The maximum absolute atomic E-state index is 15.0. The summed E-state index contributed by atoms with van der Waals surface area (Å²) in [6.45, 7) is 15.8. The average Bonchev–Trinajstić information content (AvgIpc) is 3.57. The van der Waals surface area contributed by atoms with E-state index >= 15 is 0 Å². The maximum Gasteiger partial charge on any atom is 0.193 e. The molecule has 0 saturated carbocycles. The van der Waals surface area contributed by atoms with Crippen LogP contribution in [0.3, 0.4) is 0 Å². The van der Waals surface area contributed by atoms with Crippen molar-refractivity contribution in [2.45, 2.75) is 60.8 Å². The minimum Gasteiger partial charge on any atom is -0.289 e. The molecule has 0 atom stereocenters. The van der Waals surface area contributed by atoms with Crippen LogP contribution < -0.4 is 0 Å². The fourth-order valence-electron chi connectivity index (χ4n) is 10.3. The summed E-state index contributed by atoms with van der Waals surface area (Å²) in [6.07, 6.45) is 0. The van der Waals surface area contributed by atoms with Crippen LogP contribution in [0.25, 0.3) is 11.1 Å². The predicted molar refractivity (Wildman–Crippen MR) is 261 cm³/mol. The Balaban J connectivity index is 1.40. The summed E-state index contributed by atoms with van der Waals surface area (Å²) in [5.74, 6) is -0.862. The van der Waals surface area contributed by atoms with Gasteiger partial charge in [-0.05, 0) is 174 Å². The van der Waals surface area contributed by atoms with Crippen LogP contribution in [-0.4, -0.2) is 23.1 Å². The van der Waals surface area contributed by atoms with E-state index in [1.807, 2.05) is 177 Å². The number of fused-ring (bicyclic) bond motifs is 3. The van der Waals surface area contributed by atoms with E-state index in [2.05, 4.69) is 24.3 Å². The predicted octanol–water partition coefficient (Wildman–Crippen LogP) is 13.4. The van der Waals surface area contributed by atoms with Gasteiger partial charge in [-0.25, -0.2) is 0 Å². The molecule has 65 heavy (non-hydrogen) atoms. The van der Waals surface area contributed by atoms with Crippen LogP contribution in [-0.2, 0) is 5.41 Å². The van der Waals surface area contributed by atoms with Crippen molar-refractivity contribution in [1.29, 1.82) is 0 Å². The number of rotatable bonds is 10. The molecule has 1 aliphatic carbocycles. The van der Waals surface area contributed by atoms with Crippen molar-refractivity contribution < 1.29 is 19.2 Å². The molecule has 8 aromatic rings. The zero-order valence-corrected chi connectivity index (χ0v) is 38.1. The van der Waals surface area contributed by atoms with Gasteiger partial charge in [-0.15, -0.1) is 0 Å². The van der Waals surface area contributed by atoms with Crippen LogP contribution >= 0.6 is 0 Å². The first-order valence-corrected chi connectivity index (χ1v) is 22.1. The number of hydrogen-bond donors (Lipinski definition) is 0. The summed E-state index contributed by atoms with van der Waals surface area (Å²) in [7, 11) is 0. The van der Waals surface area contributed by atoms with E-state index in [-0.39, 0.29) is 23.1 Å². The summed E-state index contributed by atoms with van der Waals surface area (Å²) >= 11 is 0. The molecule has 0 radical (unpaired) electrons. The van der Waals surface area contributed by atoms with Gasteiger partial charge in [0.2, 0.25) is 0 Å². The quantitative estimate of drug-likeness (QED) is 0.129. The lowest BCUT2D eigenvalue weighted by atomic mass is 9.66. The fraction of sp³-hybridized carbons (Fsp3) is 0.148. The highest BCUT2D eigenvalue weighted by molar-refractivity contribution is 6.15. The Morgan fingerprint density at radius 1 is 0.277 bits per heavy atom. The van der Waals surface area contributed by atoms with Gasteiger partial charge in [0.1, 0.15) is 0 Å². The summed E-state index contributed by atoms with van der Waals surface area (Å²) < 4.78 is 0. The molecule has 1 aliphatic rings. The normalized spacial score (nSPS) is 12.4. The zero-order valence-electron chi connectivity index (χ0n) is 38.1. The Hall–Kier alpha value is -7.56. The second kappa shape index (κ2) is 16.5. The third-order valence-electron chi connectivity index (χ3n) is 12.7. The smallest absolute Gasteiger partial charge is 0.193 e. The molecule has 0 bridgehead atoms. The lowest BCUT2D eigenvalue weighted by Crippen LogP contribution is -2.30. The average molecular weight is 847 g/mol. The van der Waals surface area contributed by atoms with Gasteiger partial charge in [-0.2, -0.15) is 0 Å². The van der Waals surface area contributed by atoms with Crippen molar-refractivity contribution in [3.63, 3.8) is 0 Å². The molecule has 318 valence electrons. The van der Waals surface area contributed by atoms with E-state index in [0.717, 1.165) is 66.8 Å². The van der Waals surface area contributed by atoms with Crippen LogP contribution in [0.15, 0.2) is 158 Å². The highest BCUT2D eigenvalue weighted by Crippen LogP contribution is 2.56. The Bertz CT molecular complexity index is 2860. The monoisotopic (exact) mass is 846 g/mol. The Morgan fingerprint density at radius 2 is 0.492 bits per heavy atom. The number of aryl methyl sites for hydroxylation is 8. The second-order valence-electron chi connectivity index (χ2n) is 18.3. The Kier molecular flexibility index (Phi) is 10.9. The number of carbonyl (C=O) groups is 4. The molecule has 9 rings (SSSR count). The molecule has 0 unspecified atom stereocenters. The summed E-state index contributed by atoms with van der Waals surface area (Å²) in [5.41, 5.74) is 15.0.